The number of carbonyl (C=O) groups is 1. The van der Waals surface area contributed by atoms with E-state index in [2.05, 4.69) is 27.0 Å². The van der Waals surface area contributed by atoms with Crippen molar-refractivity contribution < 1.29 is 9.53 Å². The van der Waals surface area contributed by atoms with Crippen LogP contribution in [0.1, 0.15) is 39.5 Å². The Morgan fingerprint density at radius 2 is 2.14 bits per heavy atom. The quantitative estimate of drug-likeness (QED) is 0.398. The third-order valence-electron chi connectivity index (χ3n) is 6.84. The van der Waals surface area contributed by atoms with E-state index < -0.39 is 0 Å². The Bertz CT molecular complexity index is 1440. The molecule has 0 spiro atoms. The van der Waals surface area contributed by atoms with Gasteiger partial charge in [-0.15, -0.1) is 0 Å². The van der Waals surface area contributed by atoms with Gasteiger partial charge in [-0.2, -0.15) is 0 Å². The molecule has 2 aliphatic heterocycles. The zero-order chi connectivity index (χ0) is 23.9. The maximum atomic E-state index is 12.9. The second-order valence-corrected chi connectivity index (χ2v) is 9.03. The minimum Gasteiger partial charge on any atom is -0.381 e. The summed E-state index contributed by atoms with van der Waals surface area (Å²) in [6.45, 7) is 2.61. The van der Waals surface area contributed by atoms with Crippen molar-refractivity contribution in [2.75, 3.05) is 25.6 Å². The van der Waals surface area contributed by atoms with Crippen molar-refractivity contribution in [3.05, 3.63) is 65.2 Å². The van der Waals surface area contributed by atoms with Crippen LogP contribution in [0, 0.1) is 0 Å². The summed E-state index contributed by atoms with van der Waals surface area (Å²) in [6, 6.07) is 8.08. The first-order valence-corrected chi connectivity index (χ1v) is 11.8. The van der Waals surface area contributed by atoms with Gasteiger partial charge in [0.1, 0.15) is 11.5 Å². The Morgan fingerprint density at radius 3 is 2.97 bits per heavy atom. The average molecular weight is 470 g/mol. The molecule has 0 aliphatic carbocycles. The van der Waals surface area contributed by atoms with Gasteiger partial charge in [0.15, 0.2) is 0 Å². The summed E-state index contributed by atoms with van der Waals surface area (Å²) in [5.41, 5.74) is 6.98. The molecule has 6 rings (SSSR count). The molecular weight excluding hydrogens is 442 g/mol. The van der Waals surface area contributed by atoms with Gasteiger partial charge in [-0.25, -0.2) is 9.97 Å². The standard InChI is InChI=1S/C26H27N7O2/c1-27-12-20-16(15-7-10-35-14-15)3-4-22(31-20)32-21-13-29-24(19-11-30-26(34)23(19)21)17-5-8-28-25-18(17)6-9-33(25)2/h3-6,8-9,13,15,27H,7,10-12,14H2,1-2H3,(H,30,34)(H,31,32)/t15-/m0/s1. The molecule has 0 aromatic carbocycles. The highest BCUT2D eigenvalue weighted by molar-refractivity contribution is 6.06. The molecule has 1 amide bonds. The number of ether oxygens (including phenoxy) is 1. The zero-order valence-electron chi connectivity index (χ0n) is 19.8. The number of nitrogens with one attached hydrogen (secondary N) is 3. The summed E-state index contributed by atoms with van der Waals surface area (Å²) in [5, 5.41) is 10.6. The van der Waals surface area contributed by atoms with Crippen LogP contribution < -0.4 is 16.0 Å². The lowest BCUT2D eigenvalue weighted by molar-refractivity contribution is 0.0966. The van der Waals surface area contributed by atoms with Crippen LogP contribution in [0.5, 0.6) is 0 Å². The third-order valence-corrected chi connectivity index (χ3v) is 6.84. The fraction of sp³-hybridized carbons (Fsp3) is 0.308. The third kappa shape index (κ3) is 3.73. The van der Waals surface area contributed by atoms with Gasteiger partial charge < -0.3 is 25.3 Å². The molecule has 0 saturated carbocycles. The van der Waals surface area contributed by atoms with Crippen LogP contribution in [0.3, 0.4) is 0 Å². The van der Waals surface area contributed by atoms with E-state index in [1.54, 1.807) is 12.4 Å². The maximum absolute atomic E-state index is 12.9. The molecule has 4 aromatic rings. The number of aryl methyl sites for hydroxylation is 1. The Labute approximate surface area is 203 Å². The molecule has 2 aliphatic rings. The number of fused-ring (bicyclic) bond motifs is 2. The number of hydrogen-bond acceptors (Lipinski definition) is 7. The first-order chi connectivity index (χ1) is 17.1. The van der Waals surface area contributed by atoms with Crippen LogP contribution in [-0.2, 0) is 24.9 Å². The predicted octanol–water partition coefficient (Wildman–Crippen LogP) is 3.24. The number of aromatic nitrogens is 4. The first kappa shape index (κ1) is 21.7. The van der Waals surface area contributed by atoms with Crippen LogP contribution in [0.4, 0.5) is 11.5 Å². The minimum atomic E-state index is -0.111. The molecule has 9 heteroatoms. The maximum Gasteiger partial charge on any atom is 0.254 e. The van der Waals surface area contributed by atoms with Gasteiger partial charge in [0.05, 0.1) is 35.4 Å². The topological polar surface area (TPSA) is 106 Å². The molecule has 0 unspecified atom stereocenters. The molecule has 6 heterocycles. The molecular formula is C26H27N7O2. The Hall–Kier alpha value is -3.82. The summed E-state index contributed by atoms with van der Waals surface area (Å²) >= 11 is 0. The number of carbonyl (C=O) groups excluding carboxylic acids is 1. The van der Waals surface area contributed by atoms with Crippen molar-refractivity contribution in [2.24, 2.45) is 7.05 Å². The Morgan fingerprint density at radius 1 is 1.23 bits per heavy atom. The van der Waals surface area contributed by atoms with Gasteiger partial charge in [-0.1, -0.05) is 6.07 Å². The fourth-order valence-electron chi connectivity index (χ4n) is 5.12. The highest BCUT2D eigenvalue weighted by Crippen LogP contribution is 2.36. The van der Waals surface area contributed by atoms with E-state index in [4.69, 9.17) is 14.7 Å². The van der Waals surface area contributed by atoms with Crippen LogP contribution in [-0.4, -0.2) is 45.7 Å². The van der Waals surface area contributed by atoms with E-state index in [-0.39, 0.29) is 5.91 Å². The largest absolute Gasteiger partial charge is 0.381 e. The number of nitrogens with zero attached hydrogens (tertiary/aromatic N) is 4. The van der Waals surface area contributed by atoms with Crippen molar-refractivity contribution in [3.8, 4) is 11.3 Å². The molecule has 1 fully saturated rings. The van der Waals surface area contributed by atoms with Crippen LogP contribution in [0.15, 0.2) is 42.9 Å². The van der Waals surface area contributed by atoms with Crippen LogP contribution in [0.25, 0.3) is 22.3 Å². The first-order valence-electron chi connectivity index (χ1n) is 11.8. The average Bonchev–Trinajstić information content (AvgIpc) is 3.61. The van der Waals surface area contributed by atoms with Gasteiger partial charge in [-0.3, -0.25) is 9.78 Å². The fourth-order valence-corrected chi connectivity index (χ4v) is 5.12. The molecule has 0 radical (unpaired) electrons. The van der Waals surface area contributed by atoms with Gasteiger partial charge in [0, 0.05) is 61.6 Å². The molecule has 35 heavy (non-hydrogen) atoms. The normalized spacial score (nSPS) is 17.1. The SMILES string of the molecule is CNCc1nc(Nc2cnc(-c3ccnc4c3ccn4C)c3c2C(=O)NC3)ccc1[C@H]1CCOC1. The predicted molar refractivity (Wildman–Crippen MR) is 134 cm³/mol. The van der Waals surface area contributed by atoms with E-state index in [0.29, 0.717) is 36.1 Å². The minimum absolute atomic E-state index is 0.111. The number of anilines is 2. The summed E-state index contributed by atoms with van der Waals surface area (Å²) in [5.74, 6) is 0.939. The van der Waals surface area contributed by atoms with Crippen LogP contribution in [0.2, 0.25) is 0 Å². The number of pyridine rings is 3. The lowest BCUT2D eigenvalue weighted by Crippen LogP contribution is -2.15. The monoisotopic (exact) mass is 469 g/mol. The van der Waals surface area contributed by atoms with Crippen molar-refractivity contribution in [3.63, 3.8) is 0 Å². The van der Waals surface area contributed by atoms with Crippen molar-refractivity contribution in [1.29, 1.82) is 0 Å². The smallest absolute Gasteiger partial charge is 0.254 e. The summed E-state index contributed by atoms with van der Waals surface area (Å²) in [6.07, 6.45) is 6.50. The summed E-state index contributed by atoms with van der Waals surface area (Å²) < 4.78 is 7.57. The van der Waals surface area contributed by atoms with Gasteiger partial charge in [0.2, 0.25) is 0 Å². The molecule has 4 aromatic heterocycles. The van der Waals surface area contributed by atoms with E-state index >= 15 is 0 Å². The van der Waals surface area contributed by atoms with Gasteiger partial charge in [0.25, 0.3) is 5.91 Å². The number of amides is 1. The highest BCUT2D eigenvalue weighted by Gasteiger charge is 2.28. The molecule has 3 N–H and O–H groups in total. The van der Waals surface area contributed by atoms with E-state index in [9.17, 15) is 4.79 Å². The summed E-state index contributed by atoms with van der Waals surface area (Å²) in [4.78, 5) is 27.1. The molecule has 178 valence electrons. The van der Waals surface area contributed by atoms with E-state index in [1.807, 2.05) is 43.1 Å². The lowest BCUT2D eigenvalue weighted by atomic mass is 9.96. The van der Waals surface area contributed by atoms with Gasteiger partial charge >= 0.3 is 0 Å². The molecule has 0 bridgehead atoms. The number of rotatable bonds is 6. The zero-order valence-corrected chi connectivity index (χ0v) is 19.8. The Kier molecular flexibility index (Phi) is 5.43. The van der Waals surface area contributed by atoms with E-state index in [1.165, 1.54) is 5.56 Å². The highest BCUT2D eigenvalue weighted by atomic mass is 16.5. The second-order valence-electron chi connectivity index (χ2n) is 9.03. The molecule has 1 saturated heterocycles. The molecule has 9 nitrogen and oxygen atoms in total. The van der Waals surface area contributed by atoms with Gasteiger partial charge in [-0.05, 0) is 37.2 Å². The van der Waals surface area contributed by atoms with Crippen molar-refractivity contribution >= 4 is 28.4 Å². The lowest BCUT2D eigenvalue weighted by Gasteiger charge is -2.17. The summed E-state index contributed by atoms with van der Waals surface area (Å²) in [7, 11) is 3.88. The molecule has 1 atom stereocenters. The Balaban J connectivity index is 1.39. The second kappa shape index (κ2) is 8.75. The van der Waals surface area contributed by atoms with E-state index in [0.717, 1.165) is 53.2 Å². The van der Waals surface area contributed by atoms with Crippen molar-refractivity contribution in [1.82, 2.24) is 30.2 Å². The van der Waals surface area contributed by atoms with Crippen molar-refractivity contribution in [2.45, 2.75) is 25.4 Å². The number of hydrogen-bond donors (Lipinski definition) is 3. The van der Waals surface area contributed by atoms with Crippen LogP contribution >= 0.6 is 0 Å².